The van der Waals surface area contributed by atoms with Crippen LogP contribution >= 0.6 is 36.6 Å². The van der Waals surface area contributed by atoms with Crippen molar-refractivity contribution in [1.29, 1.82) is 0 Å². The second-order valence-electron chi connectivity index (χ2n) is 5.90. The number of halogens is 2. The third kappa shape index (κ3) is 7.31. The van der Waals surface area contributed by atoms with E-state index in [1.165, 1.54) is 11.8 Å². The second kappa shape index (κ2) is 13.2. The van der Waals surface area contributed by atoms with Crippen molar-refractivity contribution in [3.63, 3.8) is 0 Å². The van der Waals surface area contributed by atoms with Gasteiger partial charge in [-0.3, -0.25) is 9.59 Å². The van der Waals surface area contributed by atoms with Crippen LogP contribution < -0.4 is 11.1 Å². The van der Waals surface area contributed by atoms with Crippen LogP contribution in [0, 0.1) is 0 Å². The van der Waals surface area contributed by atoms with Gasteiger partial charge in [0.25, 0.3) is 5.91 Å². The number of amides is 2. The number of pyridine rings is 1. The van der Waals surface area contributed by atoms with Crippen LogP contribution in [0.25, 0.3) is 0 Å². The number of unbranched alkanes of at least 4 members (excludes halogenated alkanes) is 1. The molecule has 1 atom stereocenters. The maximum Gasteiger partial charge on any atom is 0.254 e. The van der Waals surface area contributed by atoms with Crippen molar-refractivity contribution in [2.45, 2.75) is 42.9 Å². The van der Waals surface area contributed by atoms with Gasteiger partial charge < -0.3 is 16.0 Å². The minimum absolute atomic E-state index is 0. The molecule has 0 bridgehead atoms. The number of likely N-dealkylation sites (tertiary alicyclic amines) is 1. The standard InChI is InChI=1S/C17H26N4O2S.2ClH/c1-13(17(23)21-11-4-5-12-21)24-16-14(7-6-10-20-16)15(22)19-9-3-2-8-18;;/h6-7,10,13H,2-5,8-9,11-12,18H2,1H3,(H,19,22);2*1H. The van der Waals surface area contributed by atoms with Crippen LogP contribution in [0.5, 0.6) is 0 Å². The summed E-state index contributed by atoms with van der Waals surface area (Å²) in [6.07, 6.45) is 5.54. The highest BCUT2D eigenvalue weighted by Gasteiger charge is 2.25. The van der Waals surface area contributed by atoms with E-state index in [2.05, 4.69) is 10.3 Å². The Balaban J connectivity index is 0.00000312. The molecule has 1 aliphatic heterocycles. The van der Waals surface area contributed by atoms with E-state index in [9.17, 15) is 9.59 Å². The Labute approximate surface area is 171 Å². The van der Waals surface area contributed by atoms with E-state index in [-0.39, 0.29) is 41.9 Å². The monoisotopic (exact) mass is 422 g/mol. The highest BCUT2D eigenvalue weighted by molar-refractivity contribution is 8.00. The summed E-state index contributed by atoms with van der Waals surface area (Å²) in [7, 11) is 0. The lowest BCUT2D eigenvalue weighted by Crippen LogP contribution is -2.34. The zero-order valence-electron chi connectivity index (χ0n) is 15.0. The largest absolute Gasteiger partial charge is 0.352 e. The summed E-state index contributed by atoms with van der Waals surface area (Å²) in [6.45, 7) is 4.76. The number of aromatic nitrogens is 1. The molecule has 0 radical (unpaired) electrons. The smallest absolute Gasteiger partial charge is 0.254 e. The van der Waals surface area contributed by atoms with Gasteiger partial charge in [-0.1, -0.05) is 11.8 Å². The van der Waals surface area contributed by atoms with Crippen LogP contribution in [0.3, 0.4) is 0 Å². The van der Waals surface area contributed by atoms with E-state index in [0.29, 0.717) is 23.7 Å². The van der Waals surface area contributed by atoms with Crippen LogP contribution in [0.4, 0.5) is 0 Å². The molecule has 2 rings (SSSR count). The van der Waals surface area contributed by atoms with Crippen LogP contribution in [-0.4, -0.2) is 53.1 Å². The topological polar surface area (TPSA) is 88.3 Å². The van der Waals surface area contributed by atoms with Crippen LogP contribution in [0.15, 0.2) is 23.4 Å². The second-order valence-corrected chi connectivity index (χ2v) is 7.23. The maximum absolute atomic E-state index is 12.4. The third-order valence-corrected chi connectivity index (χ3v) is 5.09. The molecule has 3 N–H and O–H groups in total. The van der Waals surface area contributed by atoms with Crippen LogP contribution in [0.2, 0.25) is 0 Å². The first kappa shape index (κ1) is 25.0. The number of hydrogen-bond acceptors (Lipinski definition) is 5. The summed E-state index contributed by atoms with van der Waals surface area (Å²) in [5, 5.41) is 3.25. The Hall–Kier alpha value is -1.02. The number of nitrogens with one attached hydrogen (secondary N) is 1. The number of nitrogens with two attached hydrogens (primary N) is 1. The number of hydrogen-bond donors (Lipinski definition) is 2. The normalized spacial score (nSPS) is 14.2. The average Bonchev–Trinajstić information content (AvgIpc) is 3.13. The molecule has 1 fully saturated rings. The SMILES string of the molecule is CC(Sc1ncccc1C(=O)NCCCCN)C(=O)N1CCCC1.Cl.Cl. The van der Waals surface area contributed by atoms with Gasteiger partial charge in [0, 0.05) is 25.8 Å². The Bertz CT molecular complexity index is 571. The van der Waals surface area contributed by atoms with E-state index in [1.54, 1.807) is 18.3 Å². The van der Waals surface area contributed by atoms with Gasteiger partial charge in [0.15, 0.2) is 0 Å². The Morgan fingerprint density at radius 1 is 1.31 bits per heavy atom. The third-order valence-electron chi connectivity index (χ3n) is 3.99. The van der Waals surface area contributed by atoms with E-state index in [1.807, 2.05) is 11.8 Å². The van der Waals surface area contributed by atoms with E-state index >= 15 is 0 Å². The van der Waals surface area contributed by atoms with Gasteiger partial charge >= 0.3 is 0 Å². The van der Waals surface area contributed by atoms with Crippen molar-refractivity contribution in [2.24, 2.45) is 5.73 Å². The predicted octanol–water partition coefficient (Wildman–Crippen LogP) is 2.50. The van der Waals surface area contributed by atoms with Gasteiger partial charge in [-0.15, -0.1) is 24.8 Å². The molecule has 0 aromatic carbocycles. The zero-order valence-corrected chi connectivity index (χ0v) is 17.4. The van der Waals surface area contributed by atoms with Crippen molar-refractivity contribution in [1.82, 2.24) is 15.2 Å². The van der Waals surface area contributed by atoms with Crippen molar-refractivity contribution < 1.29 is 9.59 Å². The first-order valence-corrected chi connectivity index (χ1v) is 9.40. The molecule has 0 saturated carbocycles. The molecule has 148 valence electrons. The number of carbonyl (C=O) groups is 2. The van der Waals surface area contributed by atoms with Gasteiger partial charge in [-0.25, -0.2) is 4.98 Å². The fraction of sp³-hybridized carbons (Fsp3) is 0.588. The first-order chi connectivity index (χ1) is 11.6. The Kier molecular flexibility index (Phi) is 12.7. The Morgan fingerprint density at radius 3 is 2.65 bits per heavy atom. The number of rotatable bonds is 8. The minimum atomic E-state index is -0.248. The van der Waals surface area contributed by atoms with Gasteiger partial charge in [0.05, 0.1) is 10.8 Å². The number of carbonyl (C=O) groups excluding carboxylic acids is 2. The summed E-state index contributed by atoms with van der Waals surface area (Å²) in [4.78, 5) is 31.0. The van der Waals surface area contributed by atoms with E-state index in [0.717, 1.165) is 38.8 Å². The molecular formula is C17H28Cl2N4O2S. The average molecular weight is 423 g/mol. The maximum atomic E-state index is 12.4. The molecule has 1 aromatic heterocycles. The molecule has 1 aliphatic rings. The van der Waals surface area contributed by atoms with Crippen LogP contribution in [-0.2, 0) is 4.79 Å². The lowest BCUT2D eigenvalue weighted by Gasteiger charge is -2.20. The van der Waals surface area contributed by atoms with Gasteiger partial charge in [0.1, 0.15) is 5.03 Å². The quantitative estimate of drug-likeness (QED) is 0.496. The summed E-state index contributed by atoms with van der Waals surface area (Å²) in [5.74, 6) is -0.0269. The fourth-order valence-corrected chi connectivity index (χ4v) is 3.63. The van der Waals surface area contributed by atoms with Crippen LogP contribution in [0.1, 0.15) is 43.0 Å². The zero-order chi connectivity index (χ0) is 17.4. The molecule has 2 heterocycles. The molecule has 0 aliphatic carbocycles. The highest BCUT2D eigenvalue weighted by atomic mass is 35.5. The van der Waals surface area contributed by atoms with Crippen molar-refractivity contribution in [2.75, 3.05) is 26.2 Å². The summed E-state index contributed by atoms with van der Waals surface area (Å²) in [6, 6.07) is 3.49. The molecule has 2 amide bonds. The summed E-state index contributed by atoms with van der Waals surface area (Å²) >= 11 is 1.35. The molecule has 6 nitrogen and oxygen atoms in total. The van der Waals surface area contributed by atoms with Gasteiger partial charge in [-0.2, -0.15) is 0 Å². The molecule has 1 aromatic rings. The Morgan fingerprint density at radius 2 is 2.00 bits per heavy atom. The van der Waals surface area contributed by atoms with E-state index < -0.39 is 0 Å². The minimum Gasteiger partial charge on any atom is -0.352 e. The lowest BCUT2D eigenvalue weighted by molar-refractivity contribution is -0.129. The number of thioether (sulfide) groups is 1. The van der Waals surface area contributed by atoms with Crippen molar-refractivity contribution in [3.8, 4) is 0 Å². The fourth-order valence-electron chi connectivity index (χ4n) is 2.64. The molecule has 1 saturated heterocycles. The first-order valence-electron chi connectivity index (χ1n) is 8.52. The lowest BCUT2D eigenvalue weighted by atomic mass is 10.2. The van der Waals surface area contributed by atoms with Crippen molar-refractivity contribution in [3.05, 3.63) is 23.9 Å². The molecule has 0 spiro atoms. The highest BCUT2D eigenvalue weighted by Crippen LogP contribution is 2.26. The van der Waals surface area contributed by atoms with E-state index in [4.69, 9.17) is 5.73 Å². The predicted molar refractivity (Wildman–Crippen MR) is 110 cm³/mol. The molecule has 1 unspecified atom stereocenters. The number of nitrogens with zero attached hydrogens (tertiary/aromatic N) is 2. The van der Waals surface area contributed by atoms with Gasteiger partial charge in [0.2, 0.25) is 5.91 Å². The molecule has 26 heavy (non-hydrogen) atoms. The van der Waals surface area contributed by atoms with Crippen molar-refractivity contribution >= 4 is 48.4 Å². The molecule has 9 heteroatoms. The molecular weight excluding hydrogens is 395 g/mol. The summed E-state index contributed by atoms with van der Waals surface area (Å²) in [5.41, 5.74) is 5.98. The van der Waals surface area contributed by atoms with Gasteiger partial charge in [-0.05, 0) is 51.3 Å². The summed E-state index contributed by atoms with van der Waals surface area (Å²) < 4.78 is 0.